The fourth-order valence-electron chi connectivity index (χ4n) is 6.90. The van der Waals surface area contributed by atoms with Crippen molar-refractivity contribution in [1.29, 1.82) is 0 Å². The van der Waals surface area contributed by atoms with E-state index in [-0.39, 0.29) is 30.1 Å². The second-order valence-corrected chi connectivity index (χ2v) is 14.1. The Hall–Kier alpha value is -4.41. The predicted molar refractivity (Wildman–Crippen MR) is 181 cm³/mol. The number of hydrogen-bond donors (Lipinski definition) is 1. The molecule has 1 N–H and O–H groups in total. The van der Waals surface area contributed by atoms with Gasteiger partial charge in [0.05, 0.1) is 11.1 Å². The first-order valence-corrected chi connectivity index (χ1v) is 17.2. The van der Waals surface area contributed by atoms with Crippen molar-refractivity contribution in [3.8, 4) is 11.5 Å². The van der Waals surface area contributed by atoms with Crippen LogP contribution in [0.2, 0.25) is 0 Å². The zero-order valence-corrected chi connectivity index (χ0v) is 28.5. The van der Waals surface area contributed by atoms with Crippen LogP contribution in [0.3, 0.4) is 0 Å². The number of nitrogens with zero attached hydrogens (tertiary/aromatic N) is 3. The summed E-state index contributed by atoms with van der Waals surface area (Å²) in [6, 6.07) is 11.5. The smallest absolute Gasteiger partial charge is 0.410 e. The van der Waals surface area contributed by atoms with Gasteiger partial charge in [0.2, 0.25) is 5.91 Å². The van der Waals surface area contributed by atoms with E-state index >= 15 is 0 Å². The quantitative estimate of drug-likeness (QED) is 0.237. The first-order valence-electron chi connectivity index (χ1n) is 17.2. The molecule has 0 aromatic heterocycles. The van der Waals surface area contributed by atoms with E-state index in [9.17, 15) is 24.0 Å². The van der Waals surface area contributed by atoms with Crippen LogP contribution in [0.4, 0.5) is 10.5 Å². The molecule has 2 saturated heterocycles. The van der Waals surface area contributed by atoms with Crippen molar-refractivity contribution in [3.63, 3.8) is 0 Å². The number of likely N-dealkylation sites (tertiary alicyclic amines) is 1. The molecule has 1 unspecified atom stereocenters. The maximum Gasteiger partial charge on any atom is 0.410 e. The molecule has 3 heterocycles. The lowest BCUT2D eigenvalue weighted by molar-refractivity contribution is -0.124. The monoisotopic (exact) mass is 660 g/mol. The number of piperidine rings is 2. The van der Waals surface area contributed by atoms with E-state index in [0.717, 1.165) is 68.4 Å². The Labute approximate surface area is 282 Å². The highest BCUT2D eigenvalue weighted by Gasteiger charge is 2.42. The lowest BCUT2D eigenvalue weighted by Gasteiger charge is -2.36. The van der Waals surface area contributed by atoms with E-state index < -0.39 is 29.4 Å². The minimum Gasteiger partial charge on any atom is -0.457 e. The van der Waals surface area contributed by atoms with Gasteiger partial charge in [-0.15, -0.1) is 0 Å². The number of hydrogen-bond acceptors (Lipinski definition) is 8. The number of imide groups is 1. The largest absolute Gasteiger partial charge is 0.457 e. The van der Waals surface area contributed by atoms with Crippen LogP contribution in [-0.4, -0.2) is 84.8 Å². The summed E-state index contributed by atoms with van der Waals surface area (Å²) in [6.45, 7) is 9.28. The van der Waals surface area contributed by atoms with E-state index in [1.54, 1.807) is 6.07 Å². The minimum absolute atomic E-state index is 0.0488. The molecule has 4 amide bonds. The lowest BCUT2D eigenvalue weighted by atomic mass is 9.85. The number of benzene rings is 2. The number of ether oxygens (including phenoxy) is 2. The van der Waals surface area contributed by atoms with E-state index in [4.69, 9.17) is 9.47 Å². The van der Waals surface area contributed by atoms with Crippen LogP contribution in [0.5, 0.6) is 11.5 Å². The van der Waals surface area contributed by atoms with Crippen LogP contribution >= 0.6 is 0 Å². The molecule has 258 valence electrons. The lowest BCUT2D eigenvalue weighted by Crippen LogP contribution is -2.48. The topological polar surface area (TPSA) is 126 Å². The van der Waals surface area contributed by atoms with Gasteiger partial charge in [0, 0.05) is 45.3 Å². The molecule has 0 spiro atoms. The van der Waals surface area contributed by atoms with Crippen molar-refractivity contribution in [2.75, 3.05) is 38.1 Å². The molecule has 0 aliphatic carbocycles. The Kier molecular flexibility index (Phi) is 11.1. The fraction of sp³-hybridized carbons (Fsp3) is 0.541. The van der Waals surface area contributed by atoms with Gasteiger partial charge in [-0.2, -0.15) is 0 Å². The normalized spacial score (nSPS) is 18.0. The summed E-state index contributed by atoms with van der Waals surface area (Å²) in [5.74, 6) is 0.762. The van der Waals surface area contributed by atoms with Crippen molar-refractivity contribution >= 4 is 35.8 Å². The Morgan fingerprint density at radius 2 is 1.46 bits per heavy atom. The molecule has 0 saturated carbocycles. The molecule has 3 aliphatic heterocycles. The molecule has 1 atom stereocenters. The molecule has 11 heteroatoms. The number of carbonyl (C=O) groups is 5. The SMILES string of the molecule is CNC(=O)C(CCC=O)N1C(=O)c2ccc(Oc3ccc(N4CCC(CCC5CCN(C(=O)OC(C)(C)C)CC5)CC4)cc3)cc2C1=O. The molecule has 5 rings (SSSR count). The maximum absolute atomic E-state index is 13.2. The Morgan fingerprint density at radius 1 is 0.875 bits per heavy atom. The van der Waals surface area contributed by atoms with Crippen molar-refractivity contribution in [2.45, 2.75) is 83.8 Å². The van der Waals surface area contributed by atoms with Crippen LogP contribution in [0.25, 0.3) is 0 Å². The summed E-state index contributed by atoms with van der Waals surface area (Å²) in [4.78, 5) is 67.2. The molecule has 3 aliphatic rings. The zero-order valence-electron chi connectivity index (χ0n) is 28.5. The van der Waals surface area contributed by atoms with Crippen LogP contribution in [0.1, 0.15) is 92.9 Å². The van der Waals surface area contributed by atoms with Gasteiger partial charge in [0.1, 0.15) is 29.4 Å². The fourth-order valence-corrected chi connectivity index (χ4v) is 6.90. The van der Waals surface area contributed by atoms with Gasteiger partial charge in [-0.05, 0) is 107 Å². The zero-order chi connectivity index (χ0) is 34.4. The second kappa shape index (κ2) is 15.2. The standard InChI is InChI=1S/C37H48N4O7/c1-37(2,3)48-36(46)40-21-17-26(18-22-40)8-7-25-15-19-39(20-16-25)27-9-11-28(12-10-27)47-29-13-14-30-31(24-29)35(45)41(34(30)44)32(6-5-23-42)33(43)38-4/h9-14,23-26,32H,5-8,15-22H2,1-4H3,(H,38,43). The third-order valence-corrected chi connectivity index (χ3v) is 9.61. The third kappa shape index (κ3) is 8.35. The highest BCUT2D eigenvalue weighted by molar-refractivity contribution is 6.23. The van der Waals surface area contributed by atoms with E-state index in [1.165, 1.54) is 32.0 Å². The van der Waals surface area contributed by atoms with Gasteiger partial charge in [-0.25, -0.2) is 4.79 Å². The van der Waals surface area contributed by atoms with Gasteiger partial charge in [0.25, 0.3) is 11.8 Å². The van der Waals surface area contributed by atoms with E-state index in [2.05, 4.69) is 10.2 Å². The van der Waals surface area contributed by atoms with Crippen molar-refractivity contribution in [3.05, 3.63) is 53.6 Å². The molecule has 0 bridgehead atoms. The number of carbonyl (C=O) groups excluding carboxylic acids is 5. The summed E-state index contributed by atoms with van der Waals surface area (Å²) in [5, 5.41) is 2.48. The molecule has 48 heavy (non-hydrogen) atoms. The first-order chi connectivity index (χ1) is 23.0. The van der Waals surface area contributed by atoms with Crippen LogP contribution in [0, 0.1) is 11.8 Å². The molecule has 2 aromatic carbocycles. The molecular formula is C37H48N4O7. The predicted octanol–water partition coefficient (Wildman–Crippen LogP) is 5.81. The summed E-state index contributed by atoms with van der Waals surface area (Å²) < 4.78 is 11.6. The van der Waals surface area contributed by atoms with Crippen molar-refractivity contribution < 1.29 is 33.4 Å². The van der Waals surface area contributed by atoms with Gasteiger partial charge < -0.3 is 29.4 Å². The van der Waals surface area contributed by atoms with Crippen molar-refractivity contribution in [1.82, 2.24) is 15.1 Å². The number of aldehydes is 1. The number of anilines is 1. The third-order valence-electron chi connectivity index (χ3n) is 9.61. The van der Waals surface area contributed by atoms with Gasteiger partial charge in [-0.1, -0.05) is 12.8 Å². The van der Waals surface area contributed by atoms with Crippen LogP contribution in [-0.2, 0) is 14.3 Å². The summed E-state index contributed by atoms with van der Waals surface area (Å²) in [7, 11) is 1.43. The second-order valence-electron chi connectivity index (χ2n) is 14.1. The Balaban J connectivity index is 1.08. The van der Waals surface area contributed by atoms with E-state index in [1.807, 2.05) is 49.9 Å². The van der Waals surface area contributed by atoms with Crippen LogP contribution < -0.4 is 15.0 Å². The summed E-state index contributed by atoms with van der Waals surface area (Å²) in [5.41, 5.74) is 1.05. The number of rotatable bonds is 11. The highest BCUT2D eigenvalue weighted by atomic mass is 16.6. The maximum atomic E-state index is 13.2. The number of nitrogens with one attached hydrogen (secondary N) is 1. The number of fused-ring (bicyclic) bond motifs is 1. The average molecular weight is 661 g/mol. The first kappa shape index (κ1) is 34.9. The van der Waals surface area contributed by atoms with E-state index in [0.29, 0.717) is 23.7 Å². The van der Waals surface area contributed by atoms with Gasteiger partial charge in [-0.3, -0.25) is 19.3 Å². The molecule has 0 radical (unpaired) electrons. The molecule has 2 aromatic rings. The highest BCUT2D eigenvalue weighted by Crippen LogP contribution is 2.34. The summed E-state index contributed by atoms with van der Waals surface area (Å²) >= 11 is 0. The van der Waals surface area contributed by atoms with Crippen molar-refractivity contribution in [2.24, 2.45) is 11.8 Å². The minimum atomic E-state index is -1.06. The Morgan fingerprint density at radius 3 is 2.04 bits per heavy atom. The average Bonchev–Trinajstić information content (AvgIpc) is 3.32. The number of amides is 4. The molecule has 2 fully saturated rings. The Bertz CT molecular complexity index is 1490. The van der Waals surface area contributed by atoms with Crippen LogP contribution in [0.15, 0.2) is 42.5 Å². The van der Waals surface area contributed by atoms with Gasteiger partial charge in [0.15, 0.2) is 0 Å². The van der Waals surface area contributed by atoms with Gasteiger partial charge >= 0.3 is 6.09 Å². The summed E-state index contributed by atoms with van der Waals surface area (Å²) in [6.07, 6.45) is 7.43. The number of likely N-dealkylation sites (N-methyl/N-ethyl adjacent to an activating group) is 1. The molecule has 11 nitrogen and oxygen atoms in total. The molecular weight excluding hydrogens is 612 g/mol.